The Morgan fingerprint density at radius 2 is 1.90 bits per heavy atom. The van der Waals surface area contributed by atoms with Crippen LogP contribution in [0.1, 0.15) is 32.4 Å². The van der Waals surface area contributed by atoms with Crippen molar-refractivity contribution in [3.05, 3.63) is 34.2 Å². The first-order valence-corrected chi connectivity index (χ1v) is 6.70. The Hall–Kier alpha value is -2.08. The summed E-state index contributed by atoms with van der Waals surface area (Å²) in [7, 11) is 0. The number of carbonyl (C=O) groups excluding carboxylic acids is 1. The Morgan fingerprint density at radius 3 is 2.60 bits per heavy atom. The smallest absolute Gasteiger partial charge is 0.323 e. The van der Waals surface area contributed by atoms with Crippen molar-refractivity contribution in [2.45, 2.75) is 32.9 Å². The number of rotatable bonds is 5. The zero-order valence-electron chi connectivity index (χ0n) is 11.9. The fourth-order valence-corrected chi connectivity index (χ4v) is 1.99. The number of imidazole rings is 1. The van der Waals surface area contributed by atoms with E-state index in [0.29, 0.717) is 6.54 Å². The molecule has 4 N–H and O–H groups in total. The SMILES string of the molecule is CC(C)NCC(=O)NC(C)c1ccc2[nH]c(=O)[nH]c2c1. The minimum absolute atomic E-state index is 0.0474. The summed E-state index contributed by atoms with van der Waals surface area (Å²) in [6.45, 7) is 6.20. The van der Waals surface area contributed by atoms with Crippen LogP contribution in [0, 0.1) is 0 Å². The number of benzene rings is 1. The molecule has 0 spiro atoms. The number of hydrogen-bond donors (Lipinski definition) is 4. The van der Waals surface area contributed by atoms with Crippen molar-refractivity contribution < 1.29 is 4.79 Å². The molecule has 0 aliphatic carbocycles. The lowest BCUT2D eigenvalue weighted by atomic mass is 10.1. The molecular weight excluding hydrogens is 256 g/mol. The summed E-state index contributed by atoms with van der Waals surface area (Å²) < 4.78 is 0. The predicted molar refractivity (Wildman–Crippen MR) is 78.6 cm³/mol. The van der Waals surface area contributed by atoms with Gasteiger partial charge in [-0.2, -0.15) is 0 Å². The van der Waals surface area contributed by atoms with Crippen LogP contribution in [0.3, 0.4) is 0 Å². The maximum atomic E-state index is 11.8. The van der Waals surface area contributed by atoms with E-state index in [1.54, 1.807) is 0 Å². The lowest BCUT2D eigenvalue weighted by Crippen LogP contribution is -2.37. The molecule has 0 radical (unpaired) electrons. The van der Waals surface area contributed by atoms with Crippen LogP contribution in [0.15, 0.2) is 23.0 Å². The summed E-state index contributed by atoms with van der Waals surface area (Å²) in [5, 5.41) is 5.99. The number of aromatic nitrogens is 2. The van der Waals surface area contributed by atoms with Crippen LogP contribution in [0.25, 0.3) is 11.0 Å². The molecule has 1 unspecified atom stereocenters. The van der Waals surface area contributed by atoms with Gasteiger partial charge >= 0.3 is 5.69 Å². The van der Waals surface area contributed by atoms with Crippen molar-refractivity contribution in [1.82, 2.24) is 20.6 Å². The molecule has 2 rings (SSSR count). The van der Waals surface area contributed by atoms with Crippen LogP contribution in [0.4, 0.5) is 0 Å². The van der Waals surface area contributed by atoms with E-state index in [1.807, 2.05) is 39.0 Å². The van der Waals surface area contributed by atoms with Crippen LogP contribution in [0.2, 0.25) is 0 Å². The van der Waals surface area contributed by atoms with Gasteiger partial charge in [-0.1, -0.05) is 19.9 Å². The lowest BCUT2D eigenvalue weighted by molar-refractivity contribution is -0.121. The molecule has 6 nitrogen and oxygen atoms in total. The van der Waals surface area contributed by atoms with Gasteiger partial charge in [-0.15, -0.1) is 0 Å². The quantitative estimate of drug-likeness (QED) is 0.657. The monoisotopic (exact) mass is 276 g/mol. The van der Waals surface area contributed by atoms with Gasteiger partial charge < -0.3 is 20.6 Å². The van der Waals surface area contributed by atoms with E-state index in [4.69, 9.17) is 0 Å². The maximum absolute atomic E-state index is 11.8. The van der Waals surface area contributed by atoms with Crippen molar-refractivity contribution in [2.75, 3.05) is 6.54 Å². The molecule has 1 atom stereocenters. The molecule has 1 aromatic carbocycles. The Labute approximate surface area is 117 Å². The molecule has 0 aliphatic heterocycles. The summed E-state index contributed by atoms with van der Waals surface area (Å²) in [5.74, 6) is -0.0474. The van der Waals surface area contributed by atoms with Crippen LogP contribution in [-0.4, -0.2) is 28.5 Å². The van der Waals surface area contributed by atoms with Crippen LogP contribution in [0.5, 0.6) is 0 Å². The topological polar surface area (TPSA) is 89.8 Å². The molecule has 0 bridgehead atoms. The second kappa shape index (κ2) is 5.92. The van der Waals surface area contributed by atoms with Gasteiger partial charge in [-0.05, 0) is 24.6 Å². The average molecular weight is 276 g/mol. The Balaban J connectivity index is 2.05. The number of H-pyrrole nitrogens is 2. The highest BCUT2D eigenvalue weighted by molar-refractivity contribution is 5.79. The molecule has 2 aromatic rings. The summed E-state index contributed by atoms with van der Waals surface area (Å²) in [6.07, 6.45) is 0. The molecule has 1 amide bonds. The van der Waals surface area contributed by atoms with E-state index in [0.717, 1.165) is 16.6 Å². The van der Waals surface area contributed by atoms with Crippen molar-refractivity contribution in [2.24, 2.45) is 0 Å². The molecule has 0 saturated heterocycles. The van der Waals surface area contributed by atoms with Crippen molar-refractivity contribution in [1.29, 1.82) is 0 Å². The van der Waals surface area contributed by atoms with Gasteiger partial charge in [-0.25, -0.2) is 4.79 Å². The lowest BCUT2D eigenvalue weighted by Gasteiger charge is -2.15. The molecule has 0 aliphatic rings. The van der Waals surface area contributed by atoms with Crippen molar-refractivity contribution in [3.63, 3.8) is 0 Å². The Bertz CT molecular complexity index is 656. The number of fused-ring (bicyclic) bond motifs is 1. The molecule has 20 heavy (non-hydrogen) atoms. The van der Waals surface area contributed by atoms with Gasteiger partial charge in [0.05, 0.1) is 23.6 Å². The second-order valence-corrected chi connectivity index (χ2v) is 5.21. The summed E-state index contributed by atoms with van der Waals surface area (Å²) >= 11 is 0. The third kappa shape index (κ3) is 3.48. The third-order valence-corrected chi connectivity index (χ3v) is 3.09. The van der Waals surface area contributed by atoms with E-state index >= 15 is 0 Å². The normalized spacial score (nSPS) is 12.8. The van der Waals surface area contributed by atoms with Crippen molar-refractivity contribution in [3.8, 4) is 0 Å². The fraction of sp³-hybridized carbons (Fsp3) is 0.429. The van der Waals surface area contributed by atoms with Gasteiger partial charge in [0.1, 0.15) is 0 Å². The number of aromatic amines is 2. The number of carbonyl (C=O) groups is 1. The van der Waals surface area contributed by atoms with E-state index in [1.165, 1.54) is 0 Å². The molecular formula is C14H20N4O2. The van der Waals surface area contributed by atoms with Gasteiger partial charge in [0.2, 0.25) is 5.91 Å². The first kappa shape index (κ1) is 14.3. The minimum Gasteiger partial charge on any atom is -0.348 e. The standard InChI is InChI=1S/C14H20N4O2/c1-8(2)15-7-13(19)16-9(3)10-4-5-11-12(6-10)18-14(20)17-11/h4-6,8-9,15H,7H2,1-3H3,(H,16,19)(H2,17,18,20). The Kier molecular flexibility index (Phi) is 4.24. The molecule has 1 aromatic heterocycles. The van der Waals surface area contributed by atoms with Crippen LogP contribution >= 0.6 is 0 Å². The van der Waals surface area contributed by atoms with Gasteiger partial charge in [0.25, 0.3) is 0 Å². The van der Waals surface area contributed by atoms with Crippen LogP contribution < -0.4 is 16.3 Å². The van der Waals surface area contributed by atoms with Gasteiger partial charge in [0.15, 0.2) is 0 Å². The summed E-state index contributed by atoms with van der Waals surface area (Å²) in [5.41, 5.74) is 2.23. The first-order valence-electron chi connectivity index (χ1n) is 6.70. The summed E-state index contributed by atoms with van der Waals surface area (Å²) in [4.78, 5) is 28.4. The van der Waals surface area contributed by atoms with Crippen molar-refractivity contribution >= 4 is 16.9 Å². The highest BCUT2D eigenvalue weighted by Crippen LogP contribution is 2.16. The second-order valence-electron chi connectivity index (χ2n) is 5.21. The maximum Gasteiger partial charge on any atom is 0.323 e. The summed E-state index contributed by atoms with van der Waals surface area (Å²) in [6, 6.07) is 5.76. The van der Waals surface area contributed by atoms with Gasteiger partial charge in [0, 0.05) is 6.04 Å². The van der Waals surface area contributed by atoms with E-state index in [-0.39, 0.29) is 23.7 Å². The molecule has 108 valence electrons. The molecule has 6 heteroatoms. The van der Waals surface area contributed by atoms with Crippen LogP contribution in [-0.2, 0) is 4.79 Å². The average Bonchev–Trinajstić information content (AvgIpc) is 2.75. The Morgan fingerprint density at radius 1 is 1.20 bits per heavy atom. The highest BCUT2D eigenvalue weighted by atomic mass is 16.2. The number of hydrogen-bond acceptors (Lipinski definition) is 3. The number of nitrogens with one attached hydrogen (secondary N) is 4. The molecule has 0 saturated carbocycles. The molecule has 0 fully saturated rings. The zero-order valence-corrected chi connectivity index (χ0v) is 11.9. The predicted octanol–water partition coefficient (Wildman–Crippen LogP) is 1.03. The third-order valence-electron chi connectivity index (χ3n) is 3.09. The molecule has 1 heterocycles. The van der Waals surface area contributed by atoms with E-state index in [2.05, 4.69) is 20.6 Å². The fourth-order valence-electron chi connectivity index (χ4n) is 1.99. The van der Waals surface area contributed by atoms with Gasteiger partial charge in [-0.3, -0.25) is 4.79 Å². The minimum atomic E-state index is -0.227. The number of amides is 1. The van der Waals surface area contributed by atoms with E-state index < -0.39 is 0 Å². The first-order chi connectivity index (χ1) is 9.45. The largest absolute Gasteiger partial charge is 0.348 e. The zero-order chi connectivity index (χ0) is 14.7. The highest BCUT2D eigenvalue weighted by Gasteiger charge is 2.11. The van der Waals surface area contributed by atoms with E-state index in [9.17, 15) is 9.59 Å².